The van der Waals surface area contributed by atoms with Crippen LogP contribution in [-0.2, 0) is 0 Å². The zero-order valence-electron chi connectivity index (χ0n) is 14.0. The lowest BCUT2D eigenvalue weighted by molar-refractivity contribution is 0.475. The highest BCUT2D eigenvalue weighted by Crippen LogP contribution is 2.36. The lowest BCUT2D eigenvalue weighted by Crippen LogP contribution is -1.89. The Morgan fingerprint density at radius 1 is 0.640 bits per heavy atom. The predicted octanol–water partition coefficient (Wildman–Crippen LogP) is 5.87. The lowest BCUT2D eigenvalue weighted by atomic mass is 9.94. The van der Waals surface area contributed by atoms with E-state index >= 15 is 0 Å². The minimum atomic E-state index is 0.329. The van der Waals surface area contributed by atoms with E-state index in [0.29, 0.717) is 5.75 Å². The highest BCUT2D eigenvalue weighted by Gasteiger charge is 2.08. The first-order valence-electron chi connectivity index (χ1n) is 8.31. The molecule has 2 heteroatoms. The molecule has 0 aliphatic rings. The SMILES string of the molecule is Cc1ccc(O)cc1.Nc1ccc2ccc3cccc4ccc1c2c34. The molecule has 0 spiro atoms. The Morgan fingerprint density at radius 3 is 1.84 bits per heavy atom. The van der Waals surface area contributed by atoms with Crippen LogP contribution in [0.1, 0.15) is 5.56 Å². The van der Waals surface area contributed by atoms with Crippen molar-refractivity contribution in [2.75, 3.05) is 5.73 Å². The first kappa shape index (κ1) is 15.3. The molecule has 5 aromatic carbocycles. The van der Waals surface area contributed by atoms with E-state index in [9.17, 15) is 0 Å². The van der Waals surface area contributed by atoms with Crippen molar-refractivity contribution in [2.24, 2.45) is 0 Å². The third-order valence-corrected chi connectivity index (χ3v) is 4.60. The average molecular weight is 325 g/mol. The van der Waals surface area contributed by atoms with Gasteiger partial charge in [0.25, 0.3) is 0 Å². The molecular formula is C23H19NO. The number of rotatable bonds is 0. The fourth-order valence-corrected chi connectivity index (χ4v) is 3.30. The number of anilines is 1. The van der Waals surface area contributed by atoms with Crippen LogP contribution >= 0.6 is 0 Å². The average Bonchev–Trinajstić information content (AvgIpc) is 2.64. The third kappa shape index (κ3) is 2.72. The van der Waals surface area contributed by atoms with Gasteiger partial charge < -0.3 is 10.8 Å². The molecule has 2 nitrogen and oxygen atoms in total. The molecule has 0 aliphatic carbocycles. The summed E-state index contributed by atoms with van der Waals surface area (Å²) in [5.74, 6) is 0.329. The summed E-state index contributed by atoms with van der Waals surface area (Å²) >= 11 is 0. The molecule has 0 unspecified atom stereocenters. The molecule has 5 rings (SSSR count). The number of aryl methyl sites for hydroxylation is 1. The summed E-state index contributed by atoms with van der Waals surface area (Å²) in [7, 11) is 0. The second-order valence-corrected chi connectivity index (χ2v) is 6.35. The Balaban J connectivity index is 0.000000166. The van der Waals surface area contributed by atoms with Gasteiger partial charge in [-0.05, 0) is 52.1 Å². The molecule has 3 N–H and O–H groups in total. The molecule has 0 bridgehead atoms. The van der Waals surface area contributed by atoms with Gasteiger partial charge in [0.2, 0.25) is 0 Å². The van der Waals surface area contributed by atoms with Crippen LogP contribution in [-0.4, -0.2) is 5.11 Å². The van der Waals surface area contributed by atoms with Crippen LogP contribution in [0.15, 0.2) is 78.9 Å². The monoisotopic (exact) mass is 325 g/mol. The van der Waals surface area contributed by atoms with Gasteiger partial charge in [-0.2, -0.15) is 0 Å². The number of nitrogens with two attached hydrogens (primary N) is 1. The molecule has 0 heterocycles. The van der Waals surface area contributed by atoms with Gasteiger partial charge in [-0.1, -0.05) is 66.2 Å². The zero-order chi connectivity index (χ0) is 17.4. The molecule has 0 atom stereocenters. The molecule has 0 saturated carbocycles. The Morgan fingerprint density at radius 2 is 1.20 bits per heavy atom. The summed E-state index contributed by atoms with van der Waals surface area (Å²) in [6.07, 6.45) is 0. The molecule has 0 aromatic heterocycles. The molecule has 5 aromatic rings. The van der Waals surface area contributed by atoms with Gasteiger partial charge in [0.05, 0.1) is 0 Å². The van der Waals surface area contributed by atoms with E-state index < -0.39 is 0 Å². The highest BCUT2D eigenvalue weighted by molar-refractivity contribution is 6.24. The summed E-state index contributed by atoms with van der Waals surface area (Å²) in [4.78, 5) is 0. The highest BCUT2D eigenvalue weighted by atomic mass is 16.3. The van der Waals surface area contributed by atoms with E-state index in [2.05, 4.69) is 48.5 Å². The van der Waals surface area contributed by atoms with Crippen molar-refractivity contribution in [1.82, 2.24) is 0 Å². The summed E-state index contributed by atoms with van der Waals surface area (Å²) < 4.78 is 0. The maximum Gasteiger partial charge on any atom is 0.115 e. The summed E-state index contributed by atoms with van der Waals surface area (Å²) in [5, 5.41) is 16.4. The van der Waals surface area contributed by atoms with Crippen LogP contribution in [0, 0.1) is 6.92 Å². The van der Waals surface area contributed by atoms with E-state index in [0.717, 1.165) is 11.1 Å². The summed E-state index contributed by atoms with van der Waals surface area (Å²) in [6.45, 7) is 1.99. The van der Waals surface area contributed by atoms with Crippen LogP contribution < -0.4 is 5.73 Å². The second-order valence-electron chi connectivity index (χ2n) is 6.35. The number of phenols is 1. The quantitative estimate of drug-likeness (QED) is 0.276. The zero-order valence-corrected chi connectivity index (χ0v) is 14.0. The number of nitrogen functional groups attached to an aromatic ring is 1. The van der Waals surface area contributed by atoms with E-state index in [4.69, 9.17) is 10.8 Å². The van der Waals surface area contributed by atoms with E-state index in [-0.39, 0.29) is 0 Å². The van der Waals surface area contributed by atoms with Crippen molar-refractivity contribution in [2.45, 2.75) is 6.92 Å². The molecule has 0 amide bonds. The first-order valence-corrected chi connectivity index (χ1v) is 8.31. The molecule has 0 fully saturated rings. The number of benzene rings is 5. The van der Waals surface area contributed by atoms with Gasteiger partial charge in [-0.25, -0.2) is 0 Å². The first-order chi connectivity index (χ1) is 12.1. The third-order valence-electron chi connectivity index (χ3n) is 4.60. The van der Waals surface area contributed by atoms with Crippen molar-refractivity contribution >= 4 is 38.0 Å². The number of phenolic OH excluding ortho intramolecular Hbond substituents is 1. The van der Waals surface area contributed by atoms with Gasteiger partial charge in [-0.15, -0.1) is 0 Å². The fourth-order valence-electron chi connectivity index (χ4n) is 3.30. The Bertz CT molecular complexity index is 1120. The smallest absolute Gasteiger partial charge is 0.115 e. The number of hydrogen-bond acceptors (Lipinski definition) is 2. The largest absolute Gasteiger partial charge is 0.508 e. The van der Waals surface area contributed by atoms with Gasteiger partial charge >= 0.3 is 0 Å². The molecule has 0 radical (unpaired) electrons. The second kappa shape index (κ2) is 5.99. The Labute approximate surface area is 146 Å². The topological polar surface area (TPSA) is 46.2 Å². The van der Waals surface area contributed by atoms with Crippen molar-refractivity contribution in [3.05, 3.63) is 84.4 Å². The predicted molar refractivity (Wildman–Crippen MR) is 107 cm³/mol. The van der Waals surface area contributed by atoms with E-state index in [1.54, 1.807) is 12.1 Å². The maximum atomic E-state index is 8.76. The van der Waals surface area contributed by atoms with Crippen LogP contribution in [0.5, 0.6) is 5.75 Å². The van der Waals surface area contributed by atoms with Crippen LogP contribution in [0.2, 0.25) is 0 Å². The number of aromatic hydroxyl groups is 1. The summed E-state index contributed by atoms with van der Waals surface area (Å²) in [6, 6.07) is 26.2. The minimum Gasteiger partial charge on any atom is -0.508 e. The van der Waals surface area contributed by atoms with Gasteiger partial charge in [0, 0.05) is 11.1 Å². The lowest BCUT2D eigenvalue weighted by Gasteiger charge is -2.11. The van der Waals surface area contributed by atoms with Crippen molar-refractivity contribution < 1.29 is 5.11 Å². The molecule has 0 saturated heterocycles. The van der Waals surface area contributed by atoms with Crippen molar-refractivity contribution in [3.63, 3.8) is 0 Å². The molecule has 0 aliphatic heterocycles. The molecule has 122 valence electrons. The van der Waals surface area contributed by atoms with Gasteiger partial charge in [0.1, 0.15) is 5.75 Å². The van der Waals surface area contributed by atoms with Crippen LogP contribution in [0.4, 0.5) is 5.69 Å². The van der Waals surface area contributed by atoms with E-state index in [1.807, 2.05) is 25.1 Å². The standard InChI is InChI=1S/C16H11N.C7H8O/c17-14-9-7-12-5-4-10-2-1-3-11-6-8-13(14)16(12)15(10)11;1-6-2-4-7(8)5-3-6/h1-9H,17H2;2-5,8H,1H3. The van der Waals surface area contributed by atoms with Crippen LogP contribution in [0.25, 0.3) is 32.3 Å². The normalized spacial score (nSPS) is 10.9. The minimum absolute atomic E-state index is 0.329. The molecular weight excluding hydrogens is 306 g/mol. The van der Waals surface area contributed by atoms with Crippen LogP contribution in [0.3, 0.4) is 0 Å². The van der Waals surface area contributed by atoms with Crippen molar-refractivity contribution in [3.8, 4) is 5.75 Å². The Kier molecular flexibility index (Phi) is 3.66. The van der Waals surface area contributed by atoms with Gasteiger partial charge in [-0.3, -0.25) is 0 Å². The van der Waals surface area contributed by atoms with Crippen molar-refractivity contribution in [1.29, 1.82) is 0 Å². The Hall–Kier alpha value is -3.26. The maximum absolute atomic E-state index is 8.76. The van der Waals surface area contributed by atoms with Gasteiger partial charge in [0.15, 0.2) is 0 Å². The van der Waals surface area contributed by atoms with E-state index in [1.165, 1.54) is 32.5 Å². The number of hydrogen-bond donors (Lipinski definition) is 2. The summed E-state index contributed by atoms with van der Waals surface area (Å²) in [5.41, 5.74) is 8.09. The fraction of sp³-hybridized carbons (Fsp3) is 0.0435. The molecule has 25 heavy (non-hydrogen) atoms.